The molecule has 0 aliphatic carbocycles. The van der Waals surface area contributed by atoms with Gasteiger partial charge >= 0.3 is 0 Å². The Morgan fingerprint density at radius 1 is 1.22 bits per heavy atom. The summed E-state index contributed by atoms with van der Waals surface area (Å²) in [6.07, 6.45) is 1.24. The topological polar surface area (TPSA) is 38.5 Å². The quantitative estimate of drug-likeness (QED) is 0.783. The lowest BCUT2D eigenvalue weighted by Gasteiger charge is -2.30. The number of anilines is 2. The summed E-state index contributed by atoms with van der Waals surface area (Å²) in [5, 5.41) is 0. The molecule has 0 bridgehead atoms. The van der Waals surface area contributed by atoms with Gasteiger partial charge < -0.3 is 15.4 Å². The number of hydrogen-bond acceptors (Lipinski definition) is 3. The van der Waals surface area contributed by atoms with E-state index >= 15 is 0 Å². The molecule has 0 spiro atoms. The number of benzene rings is 1. The van der Waals surface area contributed by atoms with Gasteiger partial charge in [0.1, 0.15) is 5.75 Å². The van der Waals surface area contributed by atoms with Crippen LogP contribution in [-0.2, 0) is 0 Å². The van der Waals surface area contributed by atoms with Crippen molar-refractivity contribution in [3.8, 4) is 5.75 Å². The second-order valence-electron chi connectivity index (χ2n) is 5.14. The Morgan fingerprint density at radius 2 is 1.89 bits per heavy atom. The number of hydrogen-bond donors (Lipinski definition) is 1. The largest absolute Gasteiger partial charge is 0.489 e. The summed E-state index contributed by atoms with van der Waals surface area (Å²) in [6.45, 7) is 11.6. The van der Waals surface area contributed by atoms with Crippen molar-refractivity contribution >= 4 is 11.4 Å². The molecule has 0 atom stereocenters. The monoisotopic (exact) mass is 250 g/mol. The molecule has 0 fully saturated rings. The zero-order valence-electron chi connectivity index (χ0n) is 12.2. The van der Waals surface area contributed by atoms with Gasteiger partial charge in [0, 0.05) is 12.6 Å². The molecule has 3 heteroatoms. The molecule has 1 rings (SSSR count). The number of nitrogens with two attached hydrogens (primary N) is 1. The normalized spacial score (nSPS) is 11.1. The Morgan fingerprint density at radius 3 is 2.39 bits per heavy atom. The lowest BCUT2D eigenvalue weighted by Crippen LogP contribution is -2.32. The average molecular weight is 250 g/mol. The van der Waals surface area contributed by atoms with Gasteiger partial charge in [-0.1, -0.05) is 13.0 Å². The van der Waals surface area contributed by atoms with E-state index in [2.05, 4.69) is 31.7 Å². The zero-order valence-corrected chi connectivity index (χ0v) is 12.2. The molecule has 0 radical (unpaired) electrons. The Labute approximate surface area is 111 Å². The number of ether oxygens (including phenoxy) is 1. The van der Waals surface area contributed by atoms with Crippen LogP contribution in [0.15, 0.2) is 18.2 Å². The van der Waals surface area contributed by atoms with Crippen LogP contribution >= 0.6 is 0 Å². The van der Waals surface area contributed by atoms with Gasteiger partial charge in [-0.25, -0.2) is 0 Å². The Hall–Kier alpha value is -1.38. The standard InChI is InChI=1S/C15H26N2O/c1-6-10-17(11(2)3)13-8-7-9-14(15(13)16)18-12(4)5/h7-9,11-12H,6,10,16H2,1-5H3. The molecule has 0 unspecified atom stereocenters. The maximum Gasteiger partial charge on any atom is 0.144 e. The first-order valence-corrected chi connectivity index (χ1v) is 6.79. The minimum absolute atomic E-state index is 0.140. The summed E-state index contributed by atoms with van der Waals surface area (Å²) in [4.78, 5) is 2.32. The molecule has 0 saturated carbocycles. The van der Waals surface area contributed by atoms with Gasteiger partial charge in [0.25, 0.3) is 0 Å². The van der Waals surface area contributed by atoms with Crippen molar-refractivity contribution < 1.29 is 4.74 Å². The molecule has 1 aromatic rings. The summed E-state index contributed by atoms with van der Waals surface area (Å²) in [5.41, 5.74) is 8.05. The molecule has 3 nitrogen and oxygen atoms in total. The molecule has 0 heterocycles. The second-order valence-corrected chi connectivity index (χ2v) is 5.14. The van der Waals surface area contributed by atoms with Crippen LogP contribution in [0.2, 0.25) is 0 Å². The van der Waals surface area contributed by atoms with Gasteiger partial charge in [0.2, 0.25) is 0 Å². The van der Waals surface area contributed by atoms with E-state index in [0.29, 0.717) is 6.04 Å². The average Bonchev–Trinajstić information content (AvgIpc) is 2.28. The summed E-state index contributed by atoms with van der Waals surface area (Å²) < 4.78 is 5.74. The molecule has 0 saturated heterocycles. The van der Waals surface area contributed by atoms with Crippen LogP contribution in [-0.4, -0.2) is 18.7 Å². The summed E-state index contributed by atoms with van der Waals surface area (Å²) in [5.74, 6) is 0.782. The predicted molar refractivity (Wildman–Crippen MR) is 79.4 cm³/mol. The number of nitrogen functional groups attached to an aromatic ring is 1. The van der Waals surface area contributed by atoms with Crippen LogP contribution in [0, 0.1) is 0 Å². The third-order valence-corrected chi connectivity index (χ3v) is 2.80. The Bertz CT molecular complexity index is 375. The van der Waals surface area contributed by atoms with Crippen LogP contribution in [0.3, 0.4) is 0 Å². The van der Waals surface area contributed by atoms with E-state index < -0.39 is 0 Å². The van der Waals surface area contributed by atoms with Gasteiger partial charge in [0.05, 0.1) is 17.5 Å². The fourth-order valence-corrected chi connectivity index (χ4v) is 2.04. The van der Waals surface area contributed by atoms with Gasteiger partial charge in [-0.15, -0.1) is 0 Å². The first kappa shape index (κ1) is 14.7. The highest BCUT2D eigenvalue weighted by atomic mass is 16.5. The fourth-order valence-electron chi connectivity index (χ4n) is 2.04. The highest BCUT2D eigenvalue weighted by molar-refractivity contribution is 5.74. The van der Waals surface area contributed by atoms with Crippen molar-refractivity contribution in [1.29, 1.82) is 0 Å². The van der Waals surface area contributed by atoms with Crippen molar-refractivity contribution in [3.05, 3.63) is 18.2 Å². The van der Waals surface area contributed by atoms with Crippen LogP contribution in [0.25, 0.3) is 0 Å². The number of rotatable bonds is 6. The van der Waals surface area contributed by atoms with Crippen molar-refractivity contribution in [2.75, 3.05) is 17.2 Å². The molecule has 18 heavy (non-hydrogen) atoms. The van der Waals surface area contributed by atoms with E-state index in [4.69, 9.17) is 10.5 Å². The lowest BCUT2D eigenvalue weighted by molar-refractivity contribution is 0.244. The first-order valence-electron chi connectivity index (χ1n) is 6.79. The van der Waals surface area contributed by atoms with E-state index in [1.807, 2.05) is 26.0 Å². The van der Waals surface area contributed by atoms with Crippen molar-refractivity contribution in [2.24, 2.45) is 0 Å². The van der Waals surface area contributed by atoms with E-state index in [-0.39, 0.29) is 6.10 Å². The second kappa shape index (κ2) is 6.53. The summed E-state index contributed by atoms with van der Waals surface area (Å²) >= 11 is 0. The third-order valence-electron chi connectivity index (χ3n) is 2.80. The molecule has 102 valence electrons. The first-order chi connectivity index (χ1) is 8.47. The number of para-hydroxylation sites is 1. The molecular weight excluding hydrogens is 224 g/mol. The molecule has 1 aromatic carbocycles. The molecule has 0 aliphatic rings. The molecule has 0 aromatic heterocycles. The van der Waals surface area contributed by atoms with E-state index in [0.717, 1.165) is 30.1 Å². The predicted octanol–water partition coefficient (Wildman–Crippen LogP) is 3.68. The summed E-state index contributed by atoms with van der Waals surface area (Å²) in [7, 11) is 0. The minimum Gasteiger partial charge on any atom is -0.489 e. The maximum absolute atomic E-state index is 6.23. The smallest absolute Gasteiger partial charge is 0.144 e. The van der Waals surface area contributed by atoms with Crippen molar-refractivity contribution in [1.82, 2.24) is 0 Å². The molecule has 0 amide bonds. The van der Waals surface area contributed by atoms with Crippen LogP contribution in [0.5, 0.6) is 5.75 Å². The van der Waals surface area contributed by atoms with Gasteiger partial charge in [0.15, 0.2) is 0 Å². The molecular formula is C15H26N2O. The van der Waals surface area contributed by atoms with Crippen LogP contribution < -0.4 is 15.4 Å². The van der Waals surface area contributed by atoms with Crippen molar-refractivity contribution in [2.45, 2.75) is 53.2 Å². The van der Waals surface area contributed by atoms with Crippen LogP contribution in [0.1, 0.15) is 41.0 Å². The van der Waals surface area contributed by atoms with Crippen LogP contribution in [0.4, 0.5) is 11.4 Å². The van der Waals surface area contributed by atoms with E-state index in [1.54, 1.807) is 0 Å². The fraction of sp³-hybridized carbons (Fsp3) is 0.600. The number of nitrogens with zero attached hydrogens (tertiary/aromatic N) is 1. The Kier molecular flexibility index (Phi) is 5.32. The lowest BCUT2D eigenvalue weighted by atomic mass is 10.2. The van der Waals surface area contributed by atoms with E-state index in [9.17, 15) is 0 Å². The SMILES string of the molecule is CCCN(c1cccc(OC(C)C)c1N)C(C)C. The third kappa shape index (κ3) is 3.56. The van der Waals surface area contributed by atoms with Crippen molar-refractivity contribution in [3.63, 3.8) is 0 Å². The Balaban J connectivity index is 3.07. The zero-order chi connectivity index (χ0) is 13.7. The van der Waals surface area contributed by atoms with E-state index in [1.165, 1.54) is 0 Å². The van der Waals surface area contributed by atoms with Gasteiger partial charge in [-0.3, -0.25) is 0 Å². The maximum atomic E-state index is 6.23. The van der Waals surface area contributed by atoms with Gasteiger partial charge in [-0.05, 0) is 46.2 Å². The minimum atomic E-state index is 0.140. The highest BCUT2D eigenvalue weighted by Gasteiger charge is 2.15. The molecule has 2 N–H and O–H groups in total. The highest BCUT2D eigenvalue weighted by Crippen LogP contribution is 2.33. The summed E-state index contributed by atoms with van der Waals surface area (Å²) in [6, 6.07) is 6.44. The molecule has 0 aliphatic heterocycles. The van der Waals surface area contributed by atoms with Gasteiger partial charge in [-0.2, -0.15) is 0 Å².